The molecule has 158 valence electrons. The van der Waals surface area contributed by atoms with E-state index in [4.69, 9.17) is 18.9 Å². The van der Waals surface area contributed by atoms with E-state index < -0.39 is 70.5 Å². The summed E-state index contributed by atoms with van der Waals surface area (Å²) < 4.78 is 22.9. The van der Waals surface area contributed by atoms with Gasteiger partial charge in [-0.1, -0.05) is 20.8 Å². The zero-order chi connectivity index (χ0) is 20.9. The summed E-state index contributed by atoms with van der Waals surface area (Å²) in [5, 5.41) is 23.0. The normalized spacial score (nSPS) is 59.2. The highest BCUT2D eigenvalue weighted by molar-refractivity contribution is 5.93. The zero-order valence-electron chi connectivity index (χ0n) is 16.6. The summed E-state index contributed by atoms with van der Waals surface area (Å²) in [6, 6.07) is 0. The van der Waals surface area contributed by atoms with Crippen molar-refractivity contribution >= 4 is 17.9 Å². The van der Waals surface area contributed by atoms with Crippen LogP contribution in [-0.4, -0.2) is 63.9 Å². The fraction of sp³-hybridized carbons (Fsp3) is 0.850. The SMILES string of the molecule is C[C@H]1C(=O)O[C@@H]2C[C@]34[C@@H]5C[C@H](C(C)(C)C)[C@]36[C@H](OC(=O)[C@H]6O)O[C@]4(C(=O)O5)[C@@]21O. The molecular formula is C20H24O9. The number of fused-ring (bicyclic) bond motifs is 1. The molecule has 0 radical (unpaired) electrons. The van der Waals surface area contributed by atoms with Crippen LogP contribution in [0.2, 0.25) is 0 Å². The Labute approximate surface area is 166 Å². The van der Waals surface area contributed by atoms with Crippen molar-refractivity contribution in [3.05, 3.63) is 0 Å². The maximum absolute atomic E-state index is 13.3. The van der Waals surface area contributed by atoms with Gasteiger partial charge in [0.1, 0.15) is 12.2 Å². The van der Waals surface area contributed by atoms with E-state index in [1.165, 1.54) is 6.92 Å². The van der Waals surface area contributed by atoms with Crippen molar-refractivity contribution in [3.8, 4) is 0 Å². The number of aliphatic hydroxyl groups excluding tert-OH is 1. The number of rotatable bonds is 0. The van der Waals surface area contributed by atoms with E-state index in [1.54, 1.807) is 0 Å². The molecule has 4 heterocycles. The van der Waals surface area contributed by atoms with E-state index in [9.17, 15) is 24.6 Å². The number of ether oxygens (including phenoxy) is 4. The van der Waals surface area contributed by atoms with Crippen LogP contribution >= 0.6 is 0 Å². The molecule has 9 nitrogen and oxygen atoms in total. The van der Waals surface area contributed by atoms with E-state index in [0.29, 0.717) is 6.42 Å². The van der Waals surface area contributed by atoms with Gasteiger partial charge in [-0.25, -0.2) is 9.59 Å². The van der Waals surface area contributed by atoms with Crippen molar-refractivity contribution < 1.29 is 43.5 Å². The van der Waals surface area contributed by atoms with Crippen LogP contribution < -0.4 is 0 Å². The molecule has 0 amide bonds. The molecule has 0 aromatic heterocycles. The topological polar surface area (TPSA) is 129 Å². The van der Waals surface area contributed by atoms with Crippen LogP contribution in [-0.2, 0) is 33.3 Å². The van der Waals surface area contributed by atoms with Crippen molar-refractivity contribution in [2.24, 2.45) is 28.1 Å². The monoisotopic (exact) mass is 408 g/mol. The number of carbonyl (C=O) groups is 3. The first-order valence-electron chi connectivity index (χ1n) is 10.1. The maximum Gasteiger partial charge on any atom is 0.342 e. The first-order chi connectivity index (χ1) is 13.4. The van der Waals surface area contributed by atoms with Crippen LogP contribution in [0.4, 0.5) is 0 Å². The van der Waals surface area contributed by atoms with E-state index in [1.807, 2.05) is 20.8 Å². The average molecular weight is 408 g/mol. The molecule has 0 aromatic rings. The molecule has 4 saturated heterocycles. The molecule has 9 heteroatoms. The van der Waals surface area contributed by atoms with E-state index in [0.717, 1.165) is 0 Å². The highest BCUT2D eigenvalue weighted by Crippen LogP contribution is 2.84. The summed E-state index contributed by atoms with van der Waals surface area (Å²) in [5.74, 6) is -3.52. The fourth-order valence-electron chi connectivity index (χ4n) is 8.06. The lowest BCUT2D eigenvalue weighted by Crippen LogP contribution is -2.66. The Kier molecular flexibility index (Phi) is 2.79. The van der Waals surface area contributed by atoms with Gasteiger partial charge in [-0.3, -0.25) is 4.79 Å². The summed E-state index contributed by atoms with van der Waals surface area (Å²) >= 11 is 0. The lowest BCUT2D eigenvalue weighted by atomic mass is 9.51. The molecule has 0 aromatic carbocycles. The molecular weight excluding hydrogens is 384 g/mol. The third-order valence-corrected chi connectivity index (χ3v) is 8.97. The first-order valence-corrected chi connectivity index (χ1v) is 10.1. The average Bonchev–Trinajstić information content (AvgIpc) is 3.31. The van der Waals surface area contributed by atoms with Gasteiger partial charge in [0.05, 0.1) is 16.7 Å². The molecule has 6 aliphatic rings. The second-order valence-corrected chi connectivity index (χ2v) is 10.6. The number of aliphatic hydroxyl groups is 2. The van der Waals surface area contributed by atoms with Gasteiger partial charge in [-0.2, -0.15) is 0 Å². The molecule has 4 aliphatic heterocycles. The minimum Gasteiger partial charge on any atom is -0.459 e. The Bertz CT molecular complexity index is 893. The highest BCUT2D eigenvalue weighted by atomic mass is 16.8. The van der Waals surface area contributed by atoms with Crippen LogP contribution in [0.1, 0.15) is 40.5 Å². The van der Waals surface area contributed by atoms with Crippen LogP contribution in [0.25, 0.3) is 0 Å². The van der Waals surface area contributed by atoms with Gasteiger partial charge in [-0.05, 0) is 24.7 Å². The quantitative estimate of drug-likeness (QED) is 0.408. The highest BCUT2D eigenvalue weighted by Gasteiger charge is 3.01. The summed E-state index contributed by atoms with van der Waals surface area (Å²) in [6.07, 6.45) is -3.96. The van der Waals surface area contributed by atoms with Gasteiger partial charge >= 0.3 is 17.9 Å². The predicted molar refractivity (Wildman–Crippen MR) is 90.6 cm³/mol. The molecule has 10 atom stereocenters. The number of hydrogen-bond acceptors (Lipinski definition) is 9. The summed E-state index contributed by atoms with van der Waals surface area (Å²) in [5.41, 5.74) is -6.81. The fourth-order valence-corrected chi connectivity index (χ4v) is 8.06. The number of carbonyl (C=O) groups excluding carboxylic acids is 3. The largest absolute Gasteiger partial charge is 0.459 e. The summed E-state index contributed by atoms with van der Waals surface area (Å²) in [7, 11) is 0. The Balaban J connectivity index is 1.68. The molecule has 2 aliphatic carbocycles. The molecule has 6 fully saturated rings. The zero-order valence-corrected chi connectivity index (χ0v) is 16.6. The van der Waals surface area contributed by atoms with Crippen molar-refractivity contribution in [3.63, 3.8) is 0 Å². The van der Waals surface area contributed by atoms with Crippen LogP contribution in [0.3, 0.4) is 0 Å². The molecule has 6 rings (SSSR count). The van der Waals surface area contributed by atoms with E-state index >= 15 is 0 Å². The Morgan fingerprint density at radius 2 is 1.72 bits per heavy atom. The van der Waals surface area contributed by atoms with Crippen molar-refractivity contribution in [1.29, 1.82) is 0 Å². The Morgan fingerprint density at radius 3 is 2.38 bits per heavy atom. The summed E-state index contributed by atoms with van der Waals surface area (Å²) in [4.78, 5) is 38.1. The van der Waals surface area contributed by atoms with Gasteiger partial charge in [0.2, 0.25) is 11.9 Å². The predicted octanol–water partition coefficient (Wildman–Crippen LogP) is -0.340. The van der Waals surface area contributed by atoms with Crippen molar-refractivity contribution in [2.45, 2.75) is 76.3 Å². The summed E-state index contributed by atoms with van der Waals surface area (Å²) in [6.45, 7) is 7.47. The van der Waals surface area contributed by atoms with E-state index in [-0.39, 0.29) is 17.8 Å². The van der Waals surface area contributed by atoms with Crippen LogP contribution in [0.5, 0.6) is 0 Å². The van der Waals surface area contributed by atoms with Gasteiger partial charge in [0.25, 0.3) is 0 Å². The molecule has 0 unspecified atom stereocenters. The number of hydrogen-bond donors (Lipinski definition) is 2. The van der Waals surface area contributed by atoms with Gasteiger partial charge < -0.3 is 29.2 Å². The first kappa shape index (κ1) is 18.1. The molecule has 2 spiro atoms. The van der Waals surface area contributed by atoms with Crippen molar-refractivity contribution in [1.82, 2.24) is 0 Å². The molecule has 0 bridgehead atoms. The van der Waals surface area contributed by atoms with Gasteiger partial charge in [-0.15, -0.1) is 0 Å². The Morgan fingerprint density at radius 1 is 1.03 bits per heavy atom. The smallest absolute Gasteiger partial charge is 0.342 e. The molecule has 2 saturated carbocycles. The standard InChI is InChI=1S/C20H24O9/c1-7-12(22)26-10-6-17-9-5-8(16(2,3)4)18(17)11(21)13(23)28-15(18)29-20(17,14(24)27-9)19(7,10)25/h7-11,15,21,25H,5-6H2,1-4H3/t7-,8+,9-,10+,11+,15+,17-,18-,19-,20-/m0/s1. The minimum absolute atomic E-state index is 0.0623. The third-order valence-electron chi connectivity index (χ3n) is 8.97. The molecule has 29 heavy (non-hydrogen) atoms. The lowest BCUT2D eigenvalue weighted by Gasteiger charge is -2.46. The van der Waals surface area contributed by atoms with E-state index in [2.05, 4.69) is 0 Å². The second kappa shape index (κ2) is 4.48. The second-order valence-electron chi connectivity index (χ2n) is 10.6. The lowest BCUT2D eigenvalue weighted by molar-refractivity contribution is -0.238. The van der Waals surface area contributed by atoms with Crippen LogP contribution in [0, 0.1) is 28.1 Å². The third kappa shape index (κ3) is 1.35. The van der Waals surface area contributed by atoms with Crippen molar-refractivity contribution in [2.75, 3.05) is 0 Å². The van der Waals surface area contributed by atoms with Gasteiger partial charge in [0.15, 0.2) is 11.7 Å². The Hall–Kier alpha value is -1.71. The van der Waals surface area contributed by atoms with Crippen LogP contribution in [0.15, 0.2) is 0 Å². The van der Waals surface area contributed by atoms with Gasteiger partial charge in [0, 0.05) is 6.42 Å². The minimum atomic E-state index is -1.97. The molecule has 2 N–H and O–H groups in total. The maximum atomic E-state index is 13.3. The number of esters is 3.